The lowest BCUT2D eigenvalue weighted by Gasteiger charge is -2.22. The summed E-state index contributed by atoms with van der Waals surface area (Å²) >= 11 is 0. The zero-order valence-corrected chi connectivity index (χ0v) is 11.7. The molecule has 1 aromatic carbocycles. The van der Waals surface area contributed by atoms with Crippen LogP contribution in [0.1, 0.15) is 29.5 Å². The van der Waals surface area contributed by atoms with E-state index in [0.717, 1.165) is 24.1 Å². The van der Waals surface area contributed by atoms with E-state index in [1.807, 2.05) is 13.8 Å². The van der Waals surface area contributed by atoms with Gasteiger partial charge in [-0.1, -0.05) is 0 Å². The van der Waals surface area contributed by atoms with Gasteiger partial charge in [0.1, 0.15) is 5.75 Å². The lowest BCUT2D eigenvalue weighted by atomic mass is 9.93. The van der Waals surface area contributed by atoms with Crippen molar-refractivity contribution in [3.8, 4) is 5.75 Å². The molecular formula is C15H21F2NO. The summed E-state index contributed by atoms with van der Waals surface area (Å²) in [4.78, 5) is 0. The molecule has 0 saturated carbocycles. The molecule has 0 aliphatic carbocycles. The Morgan fingerprint density at radius 3 is 2.42 bits per heavy atom. The SMILES string of the molecule is COc1c(C)cc(C(F)(F)CC2CCNC2)cc1C. The summed E-state index contributed by atoms with van der Waals surface area (Å²) in [5.74, 6) is -2.00. The second-order valence-electron chi connectivity index (χ2n) is 5.41. The highest BCUT2D eigenvalue weighted by Gasteiger charge is 2.36. The van der Waals surface area contributed by atoms with Gasteiger partial charge in [-0.3, -0.25) is 0 Å². The third-order valence-corrected chi connectivity index (χ3v) is 3.79. The smallest absolute Gasteiger partial charge is 0.273 e. The van der Waals surface area contributed by atoms with Crippen LogP contribution in [0.15, 0.2) is 12.1 Å². The maximum atomic E-state index is 14.3. The van der Waals surface area contributed by atoms with Crippen molar-refractivity contribution < 1.29 is 13.5 Å². The minimum absolute atomic E-state index is 0.0673. The van der Waals surface area contributed by atoms with E-state index in [2.05, 4.69) is 5.32 Å². The summed E-state index contributed by atoms with van der Waals surface area (Å²) in [7, 11) is 1.57. The highest BCUT2D eigenvalue weighted by atomic mass is 19.3. The molecule has 1 heterocycles. The summed E-state index contributed by atoms with van der Waals surface area (Å²) < 4.78 is 33.9. The van der Waals surface area contributed by atoms with Crippen molar-refractivity contribution in [3.05, 3.63) is 28.8 Å². The van der Waals surface area contributed by atoms with Gasteiger partial charge in [0.15, 0.2) is 0 Å². The van der Waals surface area contributed by atoms with E-state index in [1.165, 1.54) is 0 Å². The third-order valence-electron chi connectivity index (χ3n) is 3.79. The van der Waals surface area contributed by atoms with Crippen LogP contribution in [0.3, 0.4) is 0 Å². The van der Waals surface area contributed by atoms with Gasteiger partial charge in [0, 0.05) is 12.0 Å². The van der Waals surface area contributed by atoms with E-state index in [1.54, 1.807) is 19.2 Å². The minimum Gasteiger partial charge on any atom is -0.496 e. The molecule has 2 nitrogen and oxygen atoms in total. The number of benzene rings is 1. The molecule has 1 aromatic rings. The molecule has 1 fully saturated rings. The van der Waals surface area contributed by atoms with Crippen molar-refractivity contribution in [2.45, 2.75) is 32.6 Å². The Balaban J connectivity index is 2.24. The zero-order chi connectivity index (χ0) is 14.0. The highest BCUT2D eigenvalue weighted by molar-refractivity contribution is 5.44. The molecule has 0 radical (unpaired) electrons. The van der Waals surface area contributed by atoms with Gasteiger partial charge in [-0.05, 0) is 62.5 Å². The van der Waals surface area contributed by atoms with Gasteiger partial charge in [-0.15, -0.1) is 0 Å². The quantitative estimate of drug-likeness (QED) is 0.904. The fourth-order valence-corrected chi connectivity index (χ4v) is 2.85. The number of rotatable bonds is 4. The molecule has 1 aliphatic heterocycles. The first-order chi connectivity index (χ1) is 8.94. The van der Waals surface area contributed by atoms with Gasteiger partial charge in [0.25, 0.3) is 5.92 Å². The Hall–Kier alpha value is -1.16. The number of nitrogens with one attached hydrogen (secondary N) is 1. The standard InChI is InChI=1S/C15H21F2NO/c1-10-6-13(7-11(2)14(10)19-3)15(16,17)8-12-4-5-18-9-12/h6-7,12,18H,4-5,8-9H2,1-3H3. The number of hydrogen-bond acceptors (Lipinski definition) is 2. The molecule has 4 heteroatoms. The number of halogens is 2. The molecule has 1 saturated heterocycles. The second-order valence-corrected chi connectivity index (χ2v) is 5.41. The number of aryl methyl sites for hydroxylation is 2. The molecule has 1 aliphatic rings. The van der Waals surface area contributed by atoms with Gasteiger partial charge in [-0.25, -0.2) is 8.78 Å². The molecular weight excluding hydrogens is 248 g/mol. The molecule has 0 aromatic heterocycles. The zero-order valence-electron chi connectivity index (χ0n) is 11.7. The van der Waals surface area contributed by atoms with Crippen LogP contribution in [0.4, 0.5) is 8.78 Å². The fraction of sp³-hybridized carbons (Fsp3) is 0.600. The summed E-state index contributed by atoms with van der Waals surface area (Å²) in [5, 5.41) is 3.13. The predicted molar refractivity (Wildman–Crippen MR) is 72.0 cm³/mol. The van der Waals surface area contributed by atoms with Crippen molar-refractivity contribution in [1.82, 2.24) is 5.32 Å². The molecule has 0 spiro atoms. The first kappa shape index (κ1) is 14.3. The van der Waals surface area contributed by atoms with Crippen molar-refractivity contribution in [2.75, 3.05) is 20.2 Å². The Bertz CT molecular complexity index is 430. The topological polar surface area (TPSA) is 21.3 Å². The largest absolute Gasteiger partial charge is 0.496 e. The first-order valence-electron chi connectivity index (χ1n) is 6.68. The van der Waals surface area contributed by atoms with Crippen LogP contribution < -0.4 is 10.1 Å². The Morgan fingerprint density at radius 2 is 1.95 bits per heavy atom. The average Bonchev–Trinajstić information content (AvgIpc) is 2.80. The van der Waals surface area contributed by atoms with Crippen molar-refractivity contribution in [1.29, 1.82) is 0 Å². The van der Waals surface area contributed by atoms with E-state index in [-0.39, 0.29) is 17.9 Å². The molecule has 1 atom stereocenters. The van der Waals surface area contributed by atoms with E-state index in [0.29, 0.717) is 12.3 Å². The molecule has 0 bridgehead atoms. The van der Waals surface area contributed by atoms with Crippen LogP contribution in [-0.2, 0) is 5.92 Å². The van der Waals surface area contributed by atoms with Gasteiger partial charge in [-0.2, -0.15) is 0 Å². The summed E-state index contributed by atoms with van der Waals surface area (Å²) in [6.45, 7) is 5.16. The Labute approximate surface area is 113 Å². The molecule has 1 unspecified atom stereocenters. The lowest BCUT2D eigenvalue weighted by molar-refractivity contribution is -0.0269. The van der Waals surface area contributed by atoms with E-state index >= 15 is 0 Å². The normalized spacial score (nSPS) is 19.7. The van der Waals surface area contributed by atoms with E-state index in [9.17, 15) is 8.78 Å². The van der Waals surface area contributed by atoms with E-state index in [4.69, 9.17) is 4.74 Å². The van der Waals surface area contributed by atoms with Crippen LogP contribution in [-0.4, -0.2) is 20.2 Å². The monoisotopic (exact) mass is 269 g/mol. The first-order valence-corrected chi connectivity index (χ1v) is 6.68. The molecule has 19 heavy (non-hydrogen) atoms. The van der Waals surface area contributed by atoms with Crippen LogP contribution in [0.2, 0.25) is 0 Å². The summed E-state index contributed by atoms with van der Waals surface area (Å²) in [6.07, 6.45) is 0.759. The van der Waals surface area contributed by atoms with Gasteiger partial charge in [0.2, 0.25) is 0 Å². The number of hydrogen-bond donors (Lipinski definition) is 1. The lowest BCUT2D eigenvalue weighted by Crippen LogP contribution is -2.21. The molecule has 2 rings (SSSR count). The summed E-state index contributed by atoms with van der Waals surface area (Å²) in [5.41, 5.74) is 1.64. The Kier molecular flexibility index (Phi) is 4.09. The maximum Gasteiger partial charge on any atom is 0.273 e. The van der Waals surface area contributed by atoms with Gasteiger partial charge in [0.05, 0.1) is 7.11 Å². The number of ether oxygens (including phenoxy) is 1. The second kappa shape index (κ2) is 5.45. The molecule has 1 N–H and O–H groups in total. The Morgan fingerprint density at radius 1 is 1.32 bits per heavy atom. The van der Waals surface area contributed by atoms with Crippen molar-refractivity contribution in [3.63, 3.8) is 0 Å². The maximum absolute atomic E-state index is 14.3. The van der Waals surface area contributed by atoms with Crippen LogP contribution in [0.25, 0.3) is 0 Å². The minimum atomic E-state index is -2.77. The van der Waals surface area contributed by atoms with Crippen LogP contribution >= 0.6 is 0 Å². The highest BCUT2D eigenvalue weighted by Crippen LogP contribution is 2.39. The van der Waals surface area contributed by atoms with Crippen LogP contribution in [0, 0.1) is 19.8 Å². The average molecular weight is 269 g/mol. The third kappa shape index (κ3) is 3.06. The van der Waals surface area contributed by atoms with Gasteiger partial charge >= 0.3 is 0 Å². The fourth-order valence-electron chi connectivity index (χ4n) is 2.85. The van der Waals surface area contributed by atoms with Gasteiger partial charge < -0.3 is 10.1 Å². The van der Waals surface area contributed by atoms with Crippen LogP contribution in [0.5, 0.6) is 5.75 Å². The van der Waals surface area contributed by atoms with Crippen molar-refractivity contribution >= 4 is 0 Å². The van der Waals surface area contributed by atoms with E-state index < -0.39 is 5.92 Å². The molecule has 0 amide bonds. The molecule has 106 valence electrons. The number of methoxy groups -OCH3 is 1. The van der Waals surface area contributed by atoms with Crippen molar-refractivity contribution in [2.24, 2.45) is 5.92 Å². The number of alkyl halides is 2. The predicted octanol–water partition coefficient (Wildman–Crippen LogP) is 3.40. The summed E-state index contributed by atoms with van der Waals surface area (Å²) in [6, 6.07) is 3.10.